The van der Waals surface area contributed by atoms with E-state index in [4.69, 9.17) is 21.1 Å². The van der Waals surface area contributed by atoms with Crippen LogP contribution in [0.2, 0.25) is 5.02 Å². The lowest BCUT2D eigenvalue weighted by Gasteiger charge is -2.13. The zero-order chi connectivity index (χ0) is 20.8. The van der Waals surface area contributed by atoms with Gasteiger partial charge >= 0.3 is 5.97 Å². The summed E-state index contributed by atoms with van der Waals surface area (Å²) in [5.74, 6) is -0.722. The maximum Gasteiger partial charge on any atom is 0.349 e. The number of halogens is 2. The third-order valence-corrected chi connectivity index (χ3v) is 4.28. The van der Waals surface area contributed by atoms with E-state index in [9.17, 15) is 14.4 Å². The first-order valence-electron chi connectivity index (χ1n) is 8.72. The molecule has 0 fully saturated rings. The van der Waals surface area contributed by atoms with Crippen LogP contribution in [0, 0.1) is 31.0 Å². The molecule has 0 aliphatic heterocycles. The van der Waals surface area contributed by atoms with E-state index in [0.717, 1.165) is 16.7 Å². The van der Waals surface area contributed by atoms with Crippen molar-refractivity contribution in [3.05, 3.63) is 69.0 Å². The molecule has 0 saturated heterocycles. The molecule has 6 heteroatoms. The largest absolute Gasteiger partial charge is 0.487 e. The molecule has 0 aromatic heterocycles. The van der Waals surface area contributed by atoms with Crippen LogP contribution in [-0.4, -0.2) is 12.1 Å². The van der Waals surface area contributed by atoms with Gasteiger partial charge in [0, 0.05) is 0 Å². The fourth-order valence-corrected chi connectivity index (χ4v) is 2.77. The van der Waals surface area contributed by atoms with E-state index in [1.807, 2.05) is 32.0 Å². The van der Waals surface area contributed by atoms with Gasteiger partial charge in [0.15, 0.2) is 0 Å². The summed E-state index contributed by atoms with van der Waals surface area (Å²) in [7, 11) is 0. The topological polar surface area (TPSA) is 59.3 Å². The van der Waals surface area contributed by atoms with E-state index in [2.05, 4.69) is 0 Å². The Labute approximate surface area is 169 Å². The molecule has 2 rings (SSSR count). The summed E-state index contributed by atoms with van der Waals surface area (Å²) in [6.07, 6.45) is 1.20. The summed E-state index contributed by atoms with van der Waals surface area (Å²) in [6.45, 7) is 7.48. The van der Waals surface area contributed by atoms with Gasteiger partial charge in [0.2, 0.25) is 0 Å². The molecule has 0 aliphatic carbocycles. The number of nitriles is 1. The lowest BCUT2D eigenvalue weighted by molar-refractivity contribution is -0.142. The summed E-state index contributed by atoms with van der Waals surface area (Å²) < 4.78 is 24.0. The van der Waals surface area contributed by atoms with Crippen molar-refractivity contribution in [1.82, 2.24) is 0 Å². The Morgan fingerprint density at radius 3 is 2.57 bits per heavy atom. The van der Waals surface area contributed by atoms with Crippen molar-refractivity contribution in [2.24, 2.45) is 0 Å². The van der Waals surface area contributed by atoms with Gasteiger partial charge in [-0.3, -0.25) is 0 Å². The van der Waals surface area contributed by atoms with Gasteiger partial charge in [-0.15, -0.1) is 0 Å². The van der Waals surface area contributed by atoms with Crippen molar-refractivity contribution in [2.75, 3.05) is 0 Å². The molecular formula is C22H21ClFNO3. The Hall–Kier alpha value is -2.84. The highest BCUT2D eigenvalue weighted by molar-refractivity contribution is 6.32. The van der Waals surface area contributed by atoms with Crippen LogP contribution >= 0.6 is 11.6 Å². The van der Waals surface area contributed by atoms with Crippen LogP contribution in [0.3, 0.4) is 0 Å². The van der Waals surface area contributed by atoms with Gasteiger partial charge in [0.05, 0.1) is 11.1 Å². The highest BCUT2D eigenvalue weighted by Crippen LogP contribution is 2.27. The van der Waals surface area contributed by atoms with E-state index in [0.29, 0.717) is 11.3 Å². The van der Waals surface area contributed by atoms with E-state index >= 15 is 0 Å². The quantitative estimate of drug-likeness (QED) is 0.362. The summed E-state index contributed by atoms with van der Waals surface area (Å²) in [5, 5.41) is 9.49. The molecule has 0 N–H and O–H groups in total. The van der Waals surface area contributed by atoms with Crippen LogP contribution in [0.1, 0.15) is 36.1 Å². The molecule has 0 saturated carbocycles. The van der Waals surface area contributed by atoms with Gasteiger partial charge in [-0.2, -0.15) is 5.26 Å². The Morgan fingerprint density at radius 2 is 1.96 bits per heavy atom. The molecule has 2 aromatic carbocycles. The number of ether oxygens (including phenoxy) is 2. The summed E-state index contributed by atoms with van der Waals surface area (Å²) >= 11 is 5.99. The van der Waals surface area contributed by atoms with Crippen molar-refractivity contribution >= 4 is 23.6 Å². The first kappa shape index (κ1) is 21.5. The predicted molar refractivity (Wildman–Crippen MR) is 106 cm³/mol. The first-order chi connectivity index (χ1) is 13.2. The lowest BCUT2D eigenvalue weighted by atomic mass is 9.98. The van der Waals surface area contributed by atoms with E-state index in [1.54, 1.807) is 13.8 Å². The fourth-order valence-electron chi connectivity index (χ4n) is 2.54. The third-order valence-electron chi connectivity index (χ3n) is 3.98. The predicted octanol–water partition coefficient (Wildman–Crippen LogP) is 5.53. The van der Waals surface area contributed by atoms with Crippen LogP contribution in [-0.2, 0) is 16.1 Å². The second-order valence-corrected chi connectivity index (χ2v) is 7.03. The molecule has 0 aliphatic rings. The van der Waals surface area contributed by atoms with Gasteiger partial charge in [-0.1, -0.05) is 17.7 Å². The standard InChI is InChI=1S/C22H21ClFNO3/c1-13(2)28-22(26)17(11-25)8-16-9-18(15(4)7-14(16)3)12-27-21-6-5-19(24)10-20(21)23/h5-10,13H,12H2,1-4H3. The fraction of sp³-hybridized carbons (Fsp3) is 0.273. The Bertz CT molecular complexity index is 961. The third kappa shape index (κ3) is 5.58. The van der Waals surface area contributed by atoms with E-state index < -0.39 is 11.8 Å². The van der Waals surface area contributed by atoms with Crippen molar-refractivity contribution in [3.63, 3.8) is 0 Å². The highest BCUT2D eigenvalue weighted by atomic mass is 35.5. The minimum absolute atomic E-state index is 0.0749. The molecule has 0 spiro atoms. The van der Waals surface area contributed by atoms with Crippen molar-refractivity contribution in [1.29, 1.82) is 5.26 Å². The van der Waals surface area contributed by atoms with Crippen LogP contribution in [0.4, 0.5) is 4.39 Å². The molecule has 0 radical (unpaired) electrons. The van der Waals surface area contributed by atoms with Gasteiger partial charge in [-0.25, -0.2) is 9.18 Å². The maximum absolute atomic E-state index is 13.2. The molecule has 0 amide bonds. The lowest BCUT2D eigenvalue weighted by Crippen LogP contribution is -2.12. The smallest absolute Gasteiger partial charge is 0.349 e. The van der Waals surface area contributed by atoms with Gasteiger partial charge in [0.25, 0.3) is 0 Å². The maximum atomic E-state index is 13.2. The summed E-state index contributed by atoms with van der Waals surface area (Å²) in [4.78, 5) is 12.0. The first-order valence-corrected chi connectivity index (χ1v) is 9.09. The second kappa shape index (κ2) is 9.38. The van der Waals surface area contributed by atoms with Crippen LogP contribution in [0.5, 0.6) is 5.75 Å². The second-order valence-electron chi connectivity index (χ2n) is 6.62. The highest BCUT2D eigenvalue weighted by Gasteiger charge is 2.14. The summed E-state index contributed by atoms with van der Waals surface area (Å²) in [6, 6.07) is 9.61. The van der Waals surface area contributed by atoms with E-state index in [1.165, 1.54) is 24.3 Å². The Balaban J connectivity index is 2.29. The van der Waals surface area contributed by atoms with Crippen LogP contribution in [0.25, 0.3) is 6.08 Å². The van der Waals surface area contributed by atoms with Crippen LogP contribution < -0.4 is 4.74 Å². The van der Waals surface area contributed by atoms with Crippen molar-refractivity contribution < 1.29 is 18.7 Å². The number of aryl methyl sites for hydroxylation is 2. The molecule has 0 unspecified atom stereocenters. The molecule has 0 atom stereocenters. The molecular weight excluding hydrogens is 381 g/mol. The van der Waals surface area contributed by atoms with Gasteiger partial charge in [-0.05, 0) is 80.3 Å². The monoisotopic (exact) mass is 401 g/mol. The number of rotatable bonds is 6. The Kier molecular flexibility index (Phi) is 7.19. The molecule has 0 heterocycles. The number of carbonyl (C=O) groups is 1. The number of nitrogens with zero attached hydrogens (tertiary/aromatic N) is 1. The normalized spacial score (nSPS) is 11.3. The van der Waals surface area contributed by atoms with Gasteiger partial charge < -0.3 is 9.47 Å². The number of esters is 1. The molecule has 4 nitrogen and oxygen atoms in total. The Morgan fingerprint density at radius 1 is 1.25 bits per heavy atom. The van der Waals surface area contributed by atoms with Gasteiger partial charge in [0.1, 0.15) is 29.8 Å². The number of hydrogen-bond donors (Lipinski definition) is 0. The summed E-state index contributed by atoms with van der Waals surface area (Å²) in [5.41, 5.74) is 3.38. The average Bonchev–Trinajstić information content (AvgIpc) is 2.60. The molecule has 28 heavy (non-hydrogen) atoms. The van der Waals surface area contributed by atoms with Crippen molar-refractivity contribution in [2.45, 2.75) is 40.4 Å². The zero-order valence-electron chi connectivity index (χ0n) is 16.2. The number of benzene rings is 2. The molecule has 2 aromatic rings. The zero-order valence-corrected chi connectivity index (χ0v) is 16.9. The van der Waals surface area contributed by atoms with Crippen LogP contribution in [0.15, 0.2) is 35.9 Å². The SMILES string of the molecule is Cc1cc(C)c(COc2ccc(F)cc2Cl)cc1C=C(C#N)C(=O)OC(C)C. The minimum Gasteiger partial charge on any atom is -0.487 e. The van der Waals surface area contributed by atoms with Crippen molar-refractivity contribution in [3.8, 4) is 11.8 Å². The minimum atomic E-state index is -0.659. The molecule has 0 bridgehead atoms. The van der Waals surface area contributed by atoms with E-state index in [-0.39, 0.29) is 23.3 Å². The average molecular weight is 402 g/mol. The molecule has 146 valence electrons. The number of hydrogen-bond acceptors (Lipinski definition) is 4. The number of carbonyl (C=O) groups excluding carboxylic acids is 1.